The number of halogens is 2. The molecule has 0 unspecified atom stereocenters. The smallest absolute Gasteiger partial charge is 0.151 e. The van der Waals surface area contributed by atoms with E-state index in [0.717, 1.165) is 4.47 Å². The van der Waals surface area contributed by atoms with Gasteiger partial charge in [-0.2, -0.15) is 0 Å². The highest BCUT2D eigenvalue weighted by molar-refractivity contribution is 9.10. The fraction of sp³-hybridized carbons (Fsp3) is 0.417. The van der Waals surface area contributed by atoms with Crippen LogP contribution in [0.3, 0.4) is 0 Å². The van der Waals surface area contributed by atoms with Gasteiger partial charge in [-0.25, -0.2) is 4.39 Å². The molecular weight excluding hydrogens is 273 g/mol. The molecule has 88 valence electrons. The second-order valence-corrected chi connectivity index (χ2v) is 4.84. The van der Waals surface area contributed by atoms with Gasteiger partial charge in [-0.05, 0) is 23.8 Å². The summed E-state index contributed by atoms with van der Waals surface area (Å²) >= 11 is 3.30. The molecule has 0 bridgehead atoms. The van der Waals surface area contributed by atoms with Crippen molar-refractivity contribution in [3.63, 3.8) is 0 Å². The molecule has 0 fully saturated rings. The average Bonchev–Trinajstić information content (AvgIpc) is 2.20. The van der Waals surface area contributed by atoms with Gasteiger partial charge in [0.25, 0.3) is 0 Å². The van der Waals surface area contributed by atoms with Gasteiger partial charge < -0.3 is 5.32 Å². The third kappa shape index (κ3) is 4.41. The summed E-state index contributed by atoms with van der Waals surface area (Å²) in [6, 6.07) is 4.65. The van der Waals surface area contributed by atoms with Crippen molar-refractivity contribution in [2.24, 2.45) is 0 Å². The molecule has 1 N–H and O–H groups in total. The largest absolute Gasteiger partial charge is 0.308 e. The molecule has 0 amide bonds. The molecule has 1 rings (SSSR count). The first-order chi connectivity index (χ1) is 7.49. The summed E-state index contributed by atoms with van der Waals surface area (Å²) in [5.41, 5.74) is 0.690. The van der Waals surface area contributed by atoms with Crippen molar-refractivity contribution in [1.82, 2.24) is 5.32 Å². The number of ketones is 1. The van der Waals surface area contributed by atoms with Gasteiger partial charge in [0.1, 0.15) is 5.82 Å². The number of carbonyl (C=O) groups is 1. The number of hydrogen-bond acceptors (Lipinski definition) is 2. The van der Waals surface area contributed by atoms with E-state index in [2.05, 4.69) is 21.2 Å². The molecule has 2 nitrogen and oxygen atoms in total. The lowest BCUT2D eigenvalue weighted by atomic mass is 10.1. The van der Waals surface area contributed by atoms with E-state index in [1.165, 1.54) is 12.1 Å². The third-order valence-corrected chi connectivity index (χ3v) is 2.88. The molecule has 0 heterocycles. The van der Waals surface area contributed by atoms with Crippen molar-refractivity contribution in [1.29, 1.82) is 0 Å². The monoisotopic (exact) mass is 287 g/mol. The van der Waals surface area contributed by atoms with E-state index < -0.39 is 0 Å². The molecule has 4 heteroatoms. The highest BCUT2D eigenvalue weighted by atomic mass is 79.9. The zero-order chi connectivity index (χ0) is 12.1. The summed E-state index contributed by atoms with van der Waals surface area (Å²) in [4.78, 5) is 11.6. The molecule has 1 aromatic rings. The summed E-state index contributed by atoms with van der Waals surface area (Å²) < 4.78 is 13.7. The van der Waals surface area contributed by atoms with Crippen molar-refractivity contribution >= 4 is 21.7 Å². The number of benzene rings is 1. The molecule has 0 aromatic heterocycles. The molecule has 0 saturated heterocycles. The maximum atomic E-state index is 13.0. The van der Waals surface area contributed by atoms with Crippen LogP contribution >= 0.6 is 15.9 Å². The van der Waals surface area contributed by atoms with Crippen LogP contribution < -0.4 is 5.32 Å². The number of nitrogens with one attached hydrogen (secondary N) is 1. The Labute approximate surface area is 103 Å². The molecule has 16 heavy (non-hydrogen) atoms. The van der Waals surface area contributed by atoms with E-state index in [1.807, 2.05) is 13.8 Å². The SMILES string of the molecule is CC(C)NCC(=O)Cc1cc(F)ccc1Br. The Morgan fingerprint density at radius 2 is 2.19 bits per heavy atom. The fourth-order valence-electron chi connectivity index (χ4n) is 1.27. The number of rotatable bonds is 5. The predicted molar refractivity (Wildman–Crippen MR) is 65.9 cm³/mol. The van der Waals surface area contributed by atoms with Crippen LogP contribution in [0, 0.1) is 5.82 Å². The average molecular weight is 288 g/mol. The van der Waals surface area contributed by atoms with Crippen LogP contribution in [-0.2, 0) is 11.2 Å². The second kappa shape index (κ2) is 6.11. The van der Waals surface area contributed by atoms with E-state index >= 15 is 0 Å². The van der Waals surface area contributed by atoms with Gasteiger partial charge in [0.05, 0.1) is 6.54 Å². The van der Waals surface area contributed by atoms with Gasteiger partial charge in [0, 0.05) is 16.9 Å². The Balaban J connectivity index is 2.59. The first-order valence-electron chi connectivity index (χ1n) is 5.18. The van der Waals surface area contributed by atoms with Crippen molar-refractivity contribution in [2.45, 2.75) is 26.3 Å². The Hall–Kier alpha value is -0.740. The van der Waals surface area contributed by atoms with Crippen molar-refractivity contribution in [3.05, 3.63) is 34.1 Å². The normalized spacial score (nSPS) is 10.8. The van der Waals surface area contributed by atoms with Crippen LogP contribution in [0.4, 0.5) is 4.39 Å². The Bertz CT molecular complexity index is 379. The van der Waals surface area contributed by atoms with Crippen LogP contribution in [0.2, 0.25) is 0 Å². The molecule has 0 saturated carbocycles. The lowest BCUT2D eigenvalue weighted by molar-refractivity contribution is -0.117. The number of carbonyl (C=O) groups excluding carboxylic acids is 1. The summed E-state index contributed by atoms with van der Waals surface area (Å²) in [6.07, 6.45) is 0.248. The lowest BCUT2D eigenvalue weighted by Gasteiger charge is -2.08. The minimum Gasteiger partial charge on any atom is -0.308 e. The van der Waals surface area contributed by atoms with E-state index in [4.69, 9.17) is 0 Å². The first-order valence-corrected chi connectivity index (χ1v) is 5.97. The Morgan fingerprint density at radius 3 is 2.81 bits per heavy atom. The van der Waals surface area contributed by atoms with Crippen molar-refractivity contribution in [2.75, 3.05) is 6.54 Å². The summed E-state index contributed by atoms with van der Waals surface area (Å²) in [5, 5.41) is 3.04. The quantitative estimate of drug-likeness (QED) is 0.902. The van der Waals surface area contributed by atoms with Gasteiger partial charge in [-0.1, -0.05) is 29.8 Å². The highest BCUT2D eigenvalue weighted by Crippen LogP contribution is 2.18. The third-order valence-electron chi connectivity index (χ3n) is 2.10. The molecule has 0 aliphatic rings. The summed E-state index contributed by atoms with van der Waals surface area (Å²) in [5.74, 6) is -0.261. The van der Waals surface area contributed by atoms with Gasteiger partial charge in [0.2, 0.25) is 0 Å². The molecular formula is C12H15BrFNO. The lowest BCUT2D eigenvalue weighted by Crippen LogP contribution is -2.30. The maximum Gasteiger partial charge on any atom is 0.151 e. The topological polar surface area (TPSA) is 29.1 Å². The van der Waals surface area contributed by atoms with E-state index in [-0.39, 0.29) is 24.1 Å². The summed E-state index contributed by atoms with van der Waals surface area (Å²) in [7, 11) is 0. The Kier molecular flexibility index (Phi) is 5.09. The number of Topliss-reactive ketones (excluding diaryl/α,β-unsaturated/α-hetero) is 1. The van der Waals surface area contributed by atoms with Crippen molar-refractivity contribution in [3.8, 4) is 0 Å². The molecule has 0 spiro atoms. The van der Waals surface area contributed by atoms with E-state index in [0.29, 0.717) is 12.1 Å². The zero-order valence-corrected chi connectivity index (χ0v) is 11.0. The molecule has 1 aromatic carbocycles. The minimum absolute atomic E-state index is 0.0556. The number of hydrogen-bond donors (Lipinski definition) is 1. The maximum absolute atomic E-state index is 13.0. The van der Waals surface area contributed by atoms with Gasteiger partial charge >= 0.3 is 0 Å². The molecule has 0 aliphatic heterocycles. The minimum atomic E-state index is -0.317. The van der Waals surface area contributed by atoms with Gasteiger partial charge in [-0.3, -0.25) is 4.79 Å². The standard InChI is InChI=1S/C12H15BrFNO/c1-8(2)15-7-11(16)6-9-5-10(14)3-4-12(9)13/h3-5,8,15H,6-7H2,1-2H3. The first kappa shape index (κ1) is 13.3. The highest BCUT2D eigenvalue weighted by Gasteiger charge is 2.08. The van der Waals surface area contributed by atoms with Gasteiger partial charge in [0.15, 0.2) is 5.78 Å². The van der Waals surface area contributed by atoms with Crippen LogP contribution in [-0.4, -0.2) is 18.4 Å². The van der Waals surface area contributed by atoms with Gasteiger partial charge in [-0.15, -0.1) is 0 Å². The van der Waals surface area contributed by atoms with E-state index in [1.54, 1.807) is 6.07 Å². The van der Waals surface area contributed by atoms with Crippen LogP contribution in [0.5, 0.6) is 0 Å². The molecule has 0 aliphatic carbocycles. The molecule has 0 radical (unpaired) electrons. The van der Waals surface area contributed by atoms with Crippen LogP contribution in [0.25, 0.3) is 0 Å². The summed E-state index contributed by atoms with van der Waals surface area (Å²) in [6.45, 7) is 4.28. The predicted octanol–water partition coefficient (Wildman–Crippen LogP) is 2.70. The molecule has 0 atom stereocenters. The zero-order valence-electron chi connectivity index (χ0n) is 9.39. The van der Waals surface area contributed by atoms with Crippen molar-refractivity contribution < 1.29 is 9.18 Å². The second-order valence-electron chi connectivity index (χ2n) is 3.99. The fourth-order valence-corrected chi connectivity index (χ4v) is 1.66. The Morgan fingerprint density at radius 1 is 1.50 bits per heavy atom. The van der Waals surface area contributed by atoms with E-state index in [9.17, 15) is 9.18 Å². The van der Waals surface area contributed by atoms with Crippen LogP contribution in [0.15, 0.2) is 22.7 Å². The van der Waals surface area contributed by atoms with Crippen LogP contribution in [0.1, 0.15) is 19.4 Å².